The highest BCUT2D eigenvalue weighted by atomic mass is 19.1. The summed E-state index contributed by atoms with van der Waals surface area (Å²) in [5.74, 6) is -0.633. The van der Waals surface area contributed by atoms with Crippen LogP contribution in [0.5, 0.6) is 11.5 Å². The summed E-state index contributed by atoms with van der Waals surface area (Å²) in [6, 6.07) is 9.80. The summed E-state index contributed by atoms with van der Waals surface area (Å²) in [4.78, 5) is 11.1. The number of ketones is 1. The Bertz CT molecular complexity index is 641. The molecule has 0 heterocycles. The SMILES string of the molecule is CC(=O)c1ccc(OCCOc2cccc(F)c2)cc1F. The van der Waals surface area contributed by atoms with E-state index >= 15 is 0 Å². The molecule has 2 aromatic rings. The molecular weight excluding hydrogens is 278 g/mol. The lowest BCUT2D eigenvalue weighted by molar-refractivity contribution is 0.101. The number of hydrogen-bond acceptors (Lipinski definition) is 3. The number of hydrogen-bond donors (Lipinski definition) is 0. The van der Waals surface area contributed by atoms with Crippen LogP contribution in [-0.4, -0.2) is 19.0 Å². The lowest BCUT2D eigenvalue weighted by Crippen LogP contribution is -2.09. The Kier molecular flexibility index (Phi) is 4.87. The zero-order valence-electron chi connectivity index (χ0n) is 11.4. The van der Waals surface area contributed by atoms with Crippen molar-refractivity contribution in [2.24, 2.45) is 0 Å². The van der Waals surface area contributed by atoms with Gasteiger partial charge in [-0.3, -0.25) is 4.79 Å². The molecule has 0 amide bonds. The molecule has 2 rings (SSSR count). The Morgan fingerprint density at radius 3 is 2.24 bits per heavy atom. The van der Waals surface area contributed by atoms with Crippen molar-refractivity contribution < 1.29 is 23.0 Å². The van der Waals surface area contributed by atoms with Gasteiger partial charge in [-0.2, -0.15) is 0 Å². The Labute approximate surface area is 121 Å². The fourth-order valence-corrected chi connectivity index (χ4v) is 1.75. The molecular formula is C16H14F2O3. The van der Waals surface area contributed by atoms with Gasteiger partial charge >= 0.3 is 0 Å². The van der Waals surface area contributed by atoms with E-state index in [1.165, 1.54) is 31.2 Å². The summed E-state index contributed by atoms with van der Waals surface area (Å²) >= 11 is 0. The van der Waals surface area contributed by atoms with Crippen LogP contribution in [0.3, 0.4) is 0 Å². The maximum absolute atomic E-state index is 13.5. The fourth-order valence-electron chi connectivity index (χ4n) is 1.75. The zero-order valence-corrected chi connectivity index (χ0v) is 11.4. The first-order chi connectivity index (χ1) is 10.1. The second-order valence-electron chi connectivity index (χ2n) is 4.35. The van der Waals surface area contributed by atoms with Crippen LogP contribution in [0.25, 0.3) is 0 Å². The van der Waals surface area contributed by atoms with Crippen LogP contribution in [-0.2, 0) is 0 Å². The van der Waals surface area contributed by atoms with Gasteiger partial charge in [0.1, 0.15) is 36.3 Å². The molecule has 0 aromatic heterocycles. The Balaban J connectivity index is 1.84. The summed E-state index contributed by atoms with van der Waals surface area (Å²) in [7, 11) is 0. The van der Waals surface area contributed by atoms with E-state index in [-0.39, 0.29) is 30.4 Å². The van der Waals surface area contributed by atoms with Crippen LogP contribution in [0.4, 0.5) is 8.78 Å². The number of benzene rings is 2. The number of carbonyl (C=O) groups excluding carboxylic acids is 1. The molecule has 0 aliphatic rings. The zero-order chi connectivity index (χ0) is 15.2. The van der Waals surface area contributed by atoms with Gasteiger partial charge in [0.15, 0.2) is 5.78 Å². The fraction of sp³-hybridized carbons (Fsp3) is 0.188. The Morgan fingerprint density at radius 2 is 1.67 bits per heavy atom. The third kappa shape index (κ3) is 4.27. The molecule has 2 aromatic carbocycles. The predicted octanol–water partition coefficient (Wildman–Crippen LogP) is 3.63. The first-order valence-electron chi connectivity index (χ1n) is 6.38. The minimum absolute atomic E-state index is 0.0263. The van der Waals surface area contributed by atoms with Gasteiger partial charge in [-0.15, -0.1) is 0 Å². The standard InChI is InChI=1S/C16H14F2O3/c1-11(19)15-6-5-14(10-16(15)18)21-8-7-20-13-4-2-3-12(17)9-13/h2-6,9-10H,7-8H2,1H3. The van der Waals surface area contributed by atoms with Crippen LogP contribution in [0.15, 0.2) is 42.5 Å². The van der Waals surface area contributed by atoms with E-state index in [1.807, 2.05) is 0 Å². The molecule has 0 spiro atoms. The quantitative estimate of drug-likeness (QED) is 0.602. The van der Waals surface area contributed by atoms with E-state index in [1.54, 1.807) is 12.1 Å². The van der Waals surface area contributed by atoms with Crippen molar-refractivity contribution in [2.75, 3.05) is 13.2 Å². The molecule has 0 unspecified atom stereocenters. The molecule has 5 heteroatoms. The minimum Gasteiger partial charge on any atom is -0.490 e. The Morgan fingerprint density at radius 1 is 1.00 bits per heavy atom. The van der Waals surface area contributed by atoms with Gasteiger partial charge in [0, 0.05) is 12.1 Å². The molecule has 0 saturated carbocycles. The maximum atomic E-state index is 13.5. The molecule has 0 fully saturated rings. The highest BCUT2D eigenvalue weighted by Gasteiger charge is 2.08. The molecule has 0 aliphatic carbocycles. The minimum atomic E-state index is -0.619. The van der Waals surface area contributed by atoms with Crippen molar-refractivity contribution >= 4 is 5.78 Å². The maximum Gasteiger partial charge on any atom is 0.162 e. The van der Waals surface area contributed by atoms with Crippen molar-refractivity contribution in [1.82, 2.24) is 0 Å². The number of rotatable bonds is 6. The summed E-state index contributed by atoms with van der Waals surface area (Å²) in [6.45, 7) is 1.67. The monoisotopic (exact) mass is 292 g/mol. The summed E-state index contributed by atoms with van der Waals surface area (Å²) in [5.41, 5.74) is 0.0263. The summed E-state index contributed by atoms with van der Waals surface area (Å²) < 4.78 is 37.0. The van der Waals surface area contributed by atoms with E-state index in [9.17, 15) is 13.6 Å². The van der Waals surface area contributed by atoms with E-state index < -0.39 is 5.82 Å². The van der Waals surface area contributed by atoms with Crippen molar-refractivity contribution in [3.05, 3.63) is 59.7 Å². The smallest absolute Gasteiger partial charge is 0.162 e. The lowest BCUT2D eigenvalue weighted by Gasteiger charge is -2.09. The lowest BCUT2D eigenvalue weighted by atomic mass is 10.1. The third-order valence-electron chi connectivity index (χ3n) is 2.74. The molecule has 0 radical (unpaired) electrons. The van der Waals surface area contributed by atoms with Gasteiger partial charge in [0.25, 0.3) is 0 Å². The molecule has 21 heavy (non-hydrogen) atoms. The van der Waals surface area contributed by atoms with Gasteiger partial charge in [-0.05, 0) is 31.2 Å². The molecule has 0 bridgehead atoms. The van der Waals surface area contributed by atoms with E-state index in [4.69, 9.17) is 9.47 Å². The molecule has 110 valence electrons. The molecule has 0 atom stereocenters. The van der Waals surface area contributed by atoms with Gasteiger partial charge < -0.3 is 9.47 Å². The predicted molar refractivity (Wildman–Crippen MR) is 73.8 cm³/mol. The van der Waals surface area contributed by atoms with E-state index in [0.717, 1.165) is 6.07 Å². The van der Waals surface area contributed by atoms with E-state index in [0.29, 0.717) is 11.5 Å². The second-order valence-corrected chi connectivity index (χ2v) is 4.35. The second kappa shape index (κ2) is 6.83. The summed E-state index contributed by atoms with van der Waals surface area (Å²) in [5, 5.41) is 0. The van der Waals surface area contributed by atoms with Crippen LogP contribution in [0, 0.1) is 11.6 Å². The molecule has 0 N–H and O–H groups in total. The van der Waals surface area contributed by atoms with Crippen molar-refractivity contribution in [3.8, 4) is 11.5 Å². The van der Waals surface area contributed by atoms with Crippen molar-refractivity contribution in [3.63, 3.8) is 0 Å². The normalized spacial score (nSPS) is 10.2. The van der Waals surface area contributed by atoms with Gasteiger partial charge in [0.2, 0.25) is 0 Å². The van der Waals surface area contributed by atoms with E-state index in [2.05, 4.69) is 0 Å². The topological polar surface area (TPSA) is 35.5 Å². The summed E-state index contributed by atoms with van der Waals surface area (Å²) in [6.07, 6.45) is 0. The van der Waals surface area contributed by atoms with Crippen LogP contribution in [0.2, 0.25) is 0 Å². The molecule has 0 saturated heterocycles. The van der Waals surface area contributed by atoms with Crippen LogP contribution < -0.4 is 9.47 Å². The highest BCUT2D eigenvalue weighted by Crippen LogP contribution is 2.17. The van der Waals surface area contributed by atoms with Crippen molar-refractivity contribution in [1.29, 1.82) is 0 Å². The third-order valence-corrected chi connectivity index (χ3v) is 2.74. The number of carbonyl (C=O) groups is 1. The van der Waals surface area contributed by atoms with Crippen molar-refractivity contribution in [2.45, 2.75) is 6.92 Å². The number of Topliss-reactive ketones (excluding diaryl/α,β-unsaturated/α-hetero) is 1. The number of ether oxygens (including phenoxy) is 2. The van der Waals surface area contributed by atoms with Gasteiger partial charge in [0.05, 0.1) is 5.56 Å². The first-order valence-corrected chi connectivity index (χ1v) is 6.38. The van der Waals surface area contributed by atoms with Gasteiger partial charge in [-0.1, -0.05) is 6.07 Å². The van der Waals surface area contributed by atoms with Gasteiger partial charge in [-0.25, -0.2) is 8.78 Å². The van der Waals surface area contributed by atoms with Crippen LogP contribution >= 0.6 is 0 Å². The molecule has 0 aliphatic heterocycles. The van der Waals surface area contributed by atoms with Crippen LogP contribution in [0.1, 0.15) is 17.3 Å². The average Bonchev–Trinajstić information content (AvgIpc) is 2.43. The Hall–Kier alpha value is -2.43. The first kappa shape index (κ1) is 15.0. The number of halogens is 2. The largest absolute Gasteiger partial charge is 0.490 e. The molecule has 3 nitrogen and oxygen atoms in total. The average molecular weight is 292 g/mol. The highest BCUT2D eigenvalue weighted by molar-refractivity contribution is 5.94.